The fourth-order valence-corrected chi connectivity index (χ4v) is 3.01. The first-order valence-corrected chi connectivity index (χ1v) is 8.71. The first-order valence-electron chi connectivity index (χ1n) is 8.30. The van der Waals surface area contributed by atoms with Crippen LogP contribution in [0.15, 0.2) is 42.7 Å². The number of nitrogens with zero attached hydrogens (tertiary/aromatic N) is 4. The van der Waals surface area contributed by atoms with E-state index in [1.165, 1.54) is 4.68 Å². The maximum Gasteiger partial charge on any atom is 0.246 e. The fraction of sp³-hybridized carbons (Fsp3) is 0.278. The number of hydrogen-bond donors (Lipinski definition) is 1. The maximum absolute atomic E-state index is 12.5. The maximum atomic E-state index is 12.5. The van der Waals surface area contributed by atoms with Crippen LogP contribution in [0.1, 0.15) is 18.3 Å². The van der Waals surface area contributed by atoms with Crippen molar-refractivity contribution in [2.45, 2.75) is 26.8 Å². The highest BCUT2D eigenvalue weighted by atomic mass is 32.1. The molecule has 1 N–H and O–H groups in total. The van der Waals surface area contributed by atoms with E-state index in [0.29, 0.717) is 22.6 Å². The number of methoxy groups -OCH3 is 1. The summed E-state index contributed by atoms with van der Waals surface area (Å²) in [7, 11) is 1.57. The summed E-state index contributed by atoms with van der Waals surface area (Å²) in [5.41, 5.74) is 1.66. The average molecular weight is 371 g/mol. The van der Waals surface area contributed by atoms with Crippen LogP contribution in [0.2, 0.25) is 0 Å². The minimum absolute atomic E-state index is 0.0250. The van der Waals surface area contributed by atoms with E-state index < -0.39 is 0 Å². The van der Waals surface area contributed by atoms with Crippen LogP contribution in [0.25, 0.3) is 0 Å². The van der Waals surface area contributed by atoms with E-state index in [0.717, 1.165) is 11.4 Å². The number of benzene rings is 1. The Labute approximate surface area is 156 Å². The lowest BCUT2D eigenvalue weighted by molar-refractivity contribution is -0.116. The molecule has 7 nitrogen and oxygen atoms in total. The second-order valence-corrected chi connectivity index (χ2v) is 6.20. The van der Waals surface area contributed by atoms with Crippen LogP contribution in [-0.4, -0.2) is 32.1 Å². The summed E-state index contributed by atoms with van der Waals surface area (Å²) in [5, 5.41) is 7.36. The molecule has 0 fully saturated rings. The van der Waals surface area contributed by atoms with E-state index in [9.17, 15) is 4.79 Å². The highest BCUT2D eigenvalue weighted by Gasteiger charge is 2.14. The molecule has 0 aliphatic heterocycles. The van der Waals surface area contributed by atoms with Gasteiger partial charge in [0.1, 0.15) is 12.3 Å². The summed E-state index contributed by atoms with van der Waals surface area (Å²) in [4.78, 5) is 12.5. The molecule has 3 rings (SSSR count). The number of amides is 1. The van der Waals surface area contributed by atoms with Crippen molar-refractivity contribution < 1.29 is 9.53 Å². The van der Waals surface area contributed by atoms with E-state index in [2.05, 4.69) is 10.4 Å². The van der Waals surface area contributed by atoms with Crippen molar-refractivity contribution >= 4 is 23.8 Å². The van der Waals surface area contributed by atoms with Gasteiger partial charge < -0.3 is 10.1 Å². The van der Waals surface area contributed by atoms with Gasteiger partial charge in [0.2, 0.25) is 10.7 Å². The van der Waals surface area contributed by atoms with Crippen LogP contribution in [0.5, 0.6) is 5.75 Å². The van der Waals surface area contributed by atoms with Crippen LogP contribution >= 0.6 is 12.2 Å². The minimum atomic E-state index is -0.218. The van der Waals surface area contributed by atoms with E-state index in [4.69, 9.17) is 17.0 Å². The molecular weight excluding hydrogens is 350 g/mol. The highest BCUT2D eigenvalue weighted by Crippen LogP contribution is 2.25. The van der Waals surface area contributed by atoms with Gasteiger partial charge in [-0.2, -0.15) is 5.10 Å². The molecule has 0 bridgehead atoms. The van der Waals surface area contributed by atoms with Crippen LogP contribution in [0.3, 0.4) is 0 Å². The summed E-state index contributed by atoms with van der Waals surface area (Å²) in [6.07, 6.45) is 4.47. The molecule has 0 atom stereocenters. The molecule has 0 aliphatic carbocycles. The molecule has 1 aromatic carbocycles. The predicted molar refractivity (Wildman–Crippen MR) is 102 cm³/mol. The molecule has 0 saturated carbocycles. The zero-order chi connectivity index (χ0) is 18.7. The molecule has 1 amide bonds. The van der Waals surface area contributed by atoms with Crippen molar-refractivity contribution in [2.24, 2.45) is 0 Å². The molecule has 8 heteroatoms. The van der Waals surface area contributed by atoms with E-state index in [-0.39, 0.29) is 12.5 Å². The standard InChI is InChI=1S/C18H21N5O2S/c1-4-16-20-22(18(26)23(16)21-9-5-6-10-21)12-17(24)19-14-11-13(2)7-8-15(14)25-3/h5-11H,4,12H2,1-3H3,(H,19,24). The van der Waals surface area contributed by atoms with Gasteiger partial charge in [-0.1, -0.05) is 13.0 Å². The number of hydrogen-bond acceptors (Lipinski definition) is 4. The Balaban J connectivity index is 1.85. The molecule has 0 aliphatic rings. The Hall–Kier alpha value is -2.87. The Morgan fingerprint density at radius 2 is 2.04 bits per heavy atom. The Bertz CT molecular complexity index is 972. The second-order valence-electron chi connectivity index (χ2n) is 5.84. The van der Waals surface area contributed by atoms with Gasteiger partial charge in [-0.15, -0.1) is 0 Å². The Kier molecular flexibility index (Phi) is 5.22. The van der Waals surface area contributed by atoms with Gasteiger partial charge in [0.25, 0.3) is 0 Å². The third kappa shape index (κ3) is 3.55. The summed E-state index contributed by atoms with van der Waals surface area (Å²) in [5.74, 6) is 1.18. The normalized spacial score (nSPS) is 10.7. The summed E-state index contributed by atoms with van der Waals surface area (Å²) in [6.45, 7) is 3.98. The van der Waals surface area contributed by atoms with Gasteiger partial charge >= 0.3 is 0 Å². The number of carbonyl (C=O) groups is 1. The molecule has 2 aromatic heterocycles. The smallest absolute Gasteiger partial charge is 0.246 e. The summed E-state index contributed by atoms with van der Waals surface area (Å²) < 4.78 is 11.0. The van der Waals surface area contributed by atoms with Crippen molar-refractivity contribution in [2.75, 3.05) is 12.4 Å². The molecule has 2 heterocycles. The largest absolute Gasteiger partial charge is 0.495 e. The third-order valence-corrected chi connectivity index (χ3v) is 4.32. The molecule has 26 heavy (non-hydrogen) atoms. The van der Waals surface area contributed by atoms with Crippen molar-refractivity contribution in [3.8, 4) is 5.75 Å². The van der Waals surface area contributed by atoms with Gasteiger partial charge in [-0.3, -0.25) is 9.47 Å². The number of anilines is 1. The first kappa shape index (κ1) is 17.9. The van der Waals surface area contributed by atoms with Gasteiger partial charge in [0, 0.05) is 18.8 Å². The summed E-state index contributed by atoms with van der Waals surface area (Å²) >= 11 is 5.52. The number of carbonyl (C=O) groups excluding carboxylic acids is 1. The fourth-order valence-electron chi connectivity index (χ4n) is 2.70. The lowest BCUT2D eigenvalue weighted by Crippen LogP contribution is -2.20. The molecule has 0 unspecified atom stereocenters. The SMILES string of the molecule is CCc1nn(CC(=O)Nc2cc(C)ccc2OC)c(=S)n1-n1cccc1. The number of rotatable bonds is 6. The minimum Gasteiger partial charge on any atom is -0.495 e. The van der Waals surface area contributed by atoms with Gasteiger partial charge in [0.15, 0.2) is 5.82 Å². The third-order valence-electron chi connectivity index (χ3n) is 3.94. The number of ether oxygens (including phenoxy) is 1. The van der Waals surface area contributed by atoms with Crippen LogP contribution < -0.4 is 10.1 Å². The number of aromatic nitrogens is 4. The monoisotopic (exact) mass is 371 g/mol. The Morgan fingerprint density at radius 3 is 2.69 bits per heavy atom. The molecule has 0 saturated heterocycles. The lowest BCUT2D eigenvalue weighted by atomic mass is 10.2. The summed E-state index contributed by atoms with van der Waals surface area (Å²) in [6, 6.07) is 9.44. The van der Waals surface area contributed by atoms with Crippen LogP contribution in [-0.2, 0) is 17.8 Å². The van der Waals surface area contributed by atoms with Gasteiger partial charge in [-0.05, 0) is 49.0 Å². The molecule has 136 valence electrons. The number of aryl methyl sites for hydroxylation is 2. The van der Waals surface area contributed by atoms with E-state index in [1.54, 1.807) is 7.11 Å². The first-order chi connectivity index (χ1) is 12.5. The number of nitrogens with one attached hydrogen (secondary N) is 1. The van der Waals surface area contributed by atoms with Crippen molar-refractivity contribution in [3.63, 3.8) is 0 Å². The van der Waals surface area contributed by atoms with E-state index >= 15 is 0 Å². The quantitative estimate of drug-likeness (QED) is 0.677. The van der Waals surface area contributed by atoms with Crippen molar-refractivity contribution in [1.82, 2.24) is 19.1 Å². The highest BCUT2D eigenvalue weighted by molar-refractivity contribution is 7.71. The van der Waals surface area contributed by atoms with Crippen molar-refractivity contribution in [3.05, 3.63) is 58.9 Å². The zero-order valence-corrected chi connectivity index (χ0v) is 15.8. The topological polar surface area (TPSA) is 66.0 Å². The molecular formula is C18H21N5O2S. The van der Waals surface area contributed by atoms with Crippen molar-refractivity contribution in [1.29, 1.82) is 0 Å². The lowest BCUT2D eigenvalue weighted by Gasteiger charge is -2.11. The average Bonchev–Trinajstić information content (AvgIpc) is 3.23. The van der Waals surface area contributed by atoms with Gasteiger partial charge in [-0.25, -0.2) is 9.36 Å². The second kappa shape index (κ2) is 7.57. The van der Waals surface area contributed by atoms with E-state index in [1.807, 2.05) is 65.9 Å². The molecule has 0 radical (unpaired) electrons. The molecule has 3 aromatic rings. The predicted octanol–water partition coefficient (Wildman–Crippen LogP) is 3.05. The van der Waals surface area contributed by atoms with Crippen LogP contribution in [0.4, 0.5) is 5.69 Å². The zero-order valence-electron chi connectivity index (χ0n) is 15.0. The van der Waals surface area contributed by atoms with Crippen LogP contribution in [0, 0.1) is 11.7 Å². The van der Waals surface area contributed by atoms with Gasteiger partial charge in [0.05, 0.1) is 12.8 Å². The Morgan fingerprint density at radius 1 is 1.31 bits per heavy atom. The molecule has 0 spiro atoms.